The number of methoxy groups -OCH3 is 2. The van der Waals surface area contributed by atoms with Gasteiger partial charge in [0.15, 0.2) is 28.7 Å². The molecule has 0 saturated carbocycles. The summed E-state index contributed by atoms with van der Waals surface area (Å²) in [5, 5.41) is 6.57. The molecule has 0 spiro atoms. The molecule has 0 unspecified atom stereocenters. The number of furan rings is 1. The Hall–Kier alpha value is -2.90. The summed E-state index contributed by atoms with van der Waals surface area (Å²) in [7, 11) is 3.18. The highest BCUT2D eigenvalue weighted by Gasteiger charge is 2.15. The van der Waals surface area contributed by atoms with E-state index in [1.807, 2.05) is 18.2 Å². The van der Waals surface area contributed by atoms with E-state index < -0.39 is 0 Å². The lowest BCUT2D eigenvalue weighted by molar-refractivity contribution is 0.0944. The quantitative estimate of drug-likeness (QED) is 0.109. The number of hydrogen-bond donors (Lipinski definition) is 4. The molecule has 0 saturated heterocycles. The molecule has 0 aliphatic heterocycles. The summed E-state index contributed by atoms with van der Waals surface area (Å²) in [6.07, 6.45) is 3.43. The second-order valence-corrected chi connectivity index (χ2v) is 10.6. The Bertz CT molecular complexity index is 1310. The monoisotopic (exact) mass is 655 g/mol. The molecule has 3 aromatic heterocycles. The lowest BCUT2D eigenvalue weighted by Crippen LogP contribution is -2.25. The number of carbonyl (C=O) groups is 2. The molecule has 4 rings (SSSR count). The van der Waals surface area contributed by atoms with Crippen LogP contribution in [0.5, 0.6) is 11.5 Å². The minimum absolute atomic E-state index is 0.0280. The number of carbonyl (C=O) groups excluding carboxylic acids is 2. The predicted molar refractivity (Wildman–Crippen MR) is 176 cm³/mol. The SMILES string of the molecule is CCC.COc1ccc(CCNC(=O)c2cc(-c3ccco3)on2)cc1OC.NCCS.O=C(CS)c1ccc(Cl)s1. The van der Waals surface area contributed by atoms with Gasteiger partial charge in [0.2, 0.25) is 5.76 Å². The Morgan fingerprint density at radius 3 is 2.26 bits per heavy atom. The molecule has 0 aliphatic rings. The number of ether oxygens (including phenoxy) is 2. The highest BCUT2D eigenvalue weighted by Crippen LogP contribution is 2.27. The predicted octanol–water partition coefficient (Wildman–Crippen LogP) is 6.73. The third kappa shape index (κ3) is 13.4. The number of Topliss-reactive ketones (excluding diaryl/α,β-unsaturated/α-hetero) is 1. The number of hydrogen-bond acceptors (Lipinski definition) is 11. The van der Waals surface area contributed by atoms with E-state index in [2.05, 4.69) is 49.6 Å². The highest BCUT2D eigenvalue weighted by atomic mass is 35.5. The molecular formula is C29H38ClN3O6S3. The molecule has 0 aliphatic carbocycles. The van der Waals surface area contributed by atoms with Crippen LogP contribution in [0.2, 0.25) is 4.34 Å². The first-order chi connectivity index (χ1) is 20.3. The van der Waals surface area contributed by atoms with Crippen molar-refractivity contribution in [3.8, 4) is 23.0 Å². The number of nitrogens with one attached hydrogen (secondary N) is 1. The minimum Gasteiger partial charge on any atom is -0.493 e. The van der Waals surface area contributed by atoms with Gasteiger partial charge in [-0.3, -0.25) is 9.59 Å². The van der Waals surface area contributed by atoms with Crippen LogP contribution in [0.15, 0.2) is 63.7 Å². The van der Waals surface area contributed by atoms with E-state index in [1.54, 1.807) is 44.6 Å². The number of rotatable bonds is 10. The van der Waals surface area contributed by atoms with Gasteiger partial charge in [-0.15, -0.1) is 11.3 Å². The summed E-state index contributed by atoms with van der Waals surface area (Å²) in [4.78, 5) is 23.7. The van der Waals surface area contributed by atoms with Crippen LogP contribution in [0.1, 0.15) is 46.0 Å². The molecule has 0 atom stereocenters. The normalized spacial score (nSPS) is 9.71. The van der Waals surface area contributed by atoms with Crippen molar-refractivity contribution in [1.82, 2.24) is 10.5 Å². The van der Waals surface area contributed by atoms with Gasteiger partial charge in [-0.2, -0.15) is 25.3 Å². The van der Waals surface area contributed by atoms with Crippen molar-refractivity contribution >= 4 is 59.9 Å². The number of halogens is 1. The van der Waals surface area contributed by atoms with Crippen molar-refractivity contribution in [2.75, 3.05) is 38.8 Å². The molecule has 4 aromatic rings. The van der Waals surface area contributed by atoms with Gasteiger partial charge in [-0.1, -0.05) is 43.1 Å². The van der Waals surface area contributed by atoms with E-state index in [0.29, 0.717) is 51.7 Å². The van der Waals surface area contributed by atoms with Crippen LogP contribution in [0.4, 0.5) is 0 Å². The fourth-order valence-corrected chi connectivity index (χ4v) is 4.16. The van der Waals surface area contributed by atoms with Crippen LogP contribution in [-0.2, 0) is 6.42 Å². The topological polar surface area (TPSA) is 130 Å². The van der Waals surface area contributed by atoms with Gasteiger partial charge < -0.3 is 29.5 Å². The number of ketones is 1. The Labute approximate surface area is 266 Å². The minimum atomic E-state index is -0.304. The van der Waals surface area contributed by atoms with Gasteiger partial charge in [0.1, 0.15) is 0 Å². The van der Waals surface area contributed by atoms with Crippen molar-refractivity contribution in [2.24, 2.45) is 5.73 Å². The summed E-state index contributed by atoms with van der Waals surface area (Å²) in [6.45, 7) is 5.39. The Kier molecular flexibility index (Phi) is 19.2. The zero-order valence-corrected chi connectivity index (χ0v) is 27.5. The third-order valence-electron chi connectivity index (χ3n) is 4.77. The number of aromatic nitrogens is 1. The summed E-state index contributed by atoms with van der Waals surface area (Å²) in [5.74, 6) is 3.03. The van der Waals surface area contributed by atoms with Gasteiger partial charge in [0.05, 0.1) is 35.4 Å². The molecular weight excluding hydrogens is 618 g/mol. The summed E-state index contributed by atoms with van der Waals surface area (Å²) in [5.41, 5.74) is 6.18. The molecule has 3 heterocycles. The summed E-state index contributed by atoms with van der Waals surface area (Å²) < 4.78 is 21.4. The maximum Gasteiger partial charge on any atom is 0.273 e. The smallest absolute Gasteiger partial charge is 0.273 e. The van der Waals surface area contributed by atoms with Crippen molar-refractivity contribution < 1.29 is 28.0 Å². The summed E-state index contributed by atoms with van der Waals surface area (Å²) in [6, 6.07) is 14.1. The average Bonchev–Trinajstić information content (AvgIpc) is 3.80. The fraction of sp³-hybridized carbons (Fsp3) is 0.345. The van der Waals surface area contributed by atoms with Crippen LogP contribution in [-0.4, -0.2) is 55.7 Å². The molecule has 1 amide bonds. The van der Waals surface area contributed by atoms with Gasteiger partial charge >= 0.3 is 0 Å². The molecule has 1 aromatic carbocycles. The number of benzene rings is 1. The lowest BCUT2D eigenvalue weighted by atomic mass is 10.1. The Balaban J connectivity index is 0.000000427. The molecule has 13 heteroatoms. The second-order valence-electron chi connectivity index (χ2n) is 8.15. The number of thiophene rings is 1. The van der Waals surface area contributed by atoms with E-state index in [1.165, 1.54) is 24.0 Å². The van der Waals surface area contributed by atoms with Crippen molar-refractivity contribution in [3.63, 3.8) is 0 Å². The zero-order chi connectivity index (χ0) is 31.3. The fourth-order valence-electron chi connectivity index (χ4n) is 2.91. The lowest BCUT2D eigenvalue weighted by Gasteiger charge is -2.09. The van der Waals surface area contributed by atoms with E-state index in [0.717, 1.165) is 11.3 Å². The average molecular weight is 656 g/mol. The Morgan fingerprint density at radius 1 is 1.05 bits per heavy atom. The van der Waals surface area contributed by atoms with Gasteiger partial charge in [0.25, 0.3) is 5.91 Å². The van der Waals surface area contributed by atoms with Gasteiger partial charge in [-0.25, -0.2) is 0 Å². The number of amides is 1. The van der Waals surface area contributed by atoms with Crippen molar-refractivity contribution in [2.45, 2.75) is 26.7 Å². The van der Waals surface area contributed by atoms with Crippen LogP contribution in [0.3, 0.4) is 0 Å². The van der Waals surface area contributed by atoms with Crippen LogP contribution in [0, 0.1) is 0 Å². The molecule has 230 valence electrons. The van der Waals surface area contributed by atoms with E-state index in [-0.39, 0.29) is 23.1 Å². The van der Waals surface area contributed by atoms with Crippen LogP contribution >= 0.6 is 48.2 Å². The Morgan fingerprint density at radius 2 is 1.74 bits per heavy atom. The molecule has 9 nitrogen and oxygen atoms in total. The maximum absolute atomic E-state index is 12.1. The van der Waals surface area contributed by atoms with Crippen molar-refractivity contribution in [1.29, 1.82) is 0 Å². The van der Waals surface area contributed by atoms with E-state index >= 15 is 0 Å². The number of nitrogens with two attached hydrogens (primary N) is 1. The van der Waals surface area contributed by atoms with Crippen molar-refractivity contribution in [3.05, 3.63) is 75.3 Å². The first-order valence-corrected chi connectivity index (χ1v) is 15.4. The number of nitrogens with zero attached hydrogens (tertiary/aromatic N) is 1. The third-order valence-corrected chi connectivity index (χ3v) is 6.59. The number of thiol groups is 2. The largest absolute Gasteiger partial charge is 0.493 e. The zero-order valence-electron chi connectivity index (χ0n) is 24.1. The van der Waals surface area contributed by atoms with Gasteiger partial charge in [-0.05, 0) is 48.4 Å². The first-order valence-electron chi connectivity index (χ1n) is 13.0. The standard InChI is InChI=1S/C18H18N2O5.C6H5ClOS2.C3H8.C2H7NS/c1-22-14-6-5-12(10-16(14)23-2)7-8-19-18(21)13-11-17(25-20-13)15-4-3-9-24-15;7-6-2-1-5(10-6)4(8)3-9;1-3-2;3-1-2-4/h3-6,9-11H,7-8H2,1-2H3,(H,19,21);1-2,9H,3H2;3H2,1-2H3;4H,1-3H2. The van der Waals surface area contributed by atoms with Gasteiger partial charge in [0, 0.05) is 24.9 Å². The van der Waals surface area contributed by atoms with Crippen LogP contribution in [0.25, 0.3) is 11.5 Å². The van der Waals surface area contributed by atoms with E-state index in [9.17, 15) is 9.59 Å². The summed E-state index contributed by atoms with van der Waals surface area (Å²) >= 11 is 14.5. The van der Waals surface area contributed by atoms with Crippen LogP contribution < -0.4 is 20.5 Å². The van der Waals surface area contributed by atoms with E-state index in [4.69, 9.17) is 35.7 Å². The highest BCUT2D eigenvalue weighted by molar-refractivity contribution is 7.81. The molecule has 3 N–H and O–H groups in total. The second kappa shape index (κ2) is 21.8. The molecule has 0 bridgehead atoms. The molecule has 0 radical (unpaired) electrons. The molecule has 42 heavy (non-hydrogen) atoms. The first kappa shape index (κ1) is 37.1. The molecule has 0 fully saturated rings. The maximum atomic E-state index is 12.1.